The van der Waals surface area contributed by atoms with E-state index in [9.17, 15) is 0 Å². The van der Waals surface area contributed by atoms with E-state index in [2.05, 4.69) is 5.92 Å². The normalized spacial score (nSPS) is 11.8. The van der Waals surface area contributed by atoms with Crippen molar-refractivity contribution in [3.05, 3.63) is 29.8 Å². The summed E-state index contributed by atoms with van der Waals surface area (Å²) in [5, 5.41) is 0. The van der Waals surface area contributed by atoms with Gasteiger partial charge in [-0.05, 0) is 25.0 Å². The summed E-state index contributed by atoms with van der Waals surface area (Å²) in [5.74, 6) is 3.28. The van der Waals surface area contributed by atoms with Crippen LogP contribution in [0, 0.1) is 12.3 Å². The molecule has 1 aromatic carbocycles. The Hall–Kier alpha value is -1.46. The molecule has 2 nitrogen and oxygen atoms in total. The molecular weight excluding hydrogens is 174 g/mol. The quantitative estimate of drug-likeness (QED) is 0.730. The molecular formula is C12H15NO. The van der Waals surface area contributed by atoms with Crippen molar-refractivity contribution < 1.29 is 4.74 Å². The molecule has 0 radical (unpaired) electrons. The van der Waals surface area contributed by atoms with Crippen LogP contribution in [0.4, 0.5) is 0 Å². The monoisotopic (exact) mass is 189 g/mol. The van der Waals surface area contributed by atoms with Gasteiger partial charge in [-0.2, -0.15) is 0 Å². The van der Waals surface area contributed by atoms with Crippen molar-refractivity contribution in [2.75, 3.05) is 6.61 Å². The van der Waals surface area contributed by atoms with Crippen molar-refractivity contribution in [3.63, 3.8) is 0 Å². The van der Waals surface area contributed by atoms with E-state index in [0.29, 0.717) is 6.61 Å². The molecule has 0 amide bonds. The summed E-state index contributed by atoms with van der Waals surface area (Å²) < 4.78 is 5.40. The predicted octanol–water partition coefficient (Wildman–Crippen LogP) is 1.59. The zero-order valence-electron chi connectivity index (χ0n) is 8.36. The van der Waals surface area contributed by atoms with Crippen molar-refractivity contribution in [2.45, 2.75) is 19.4 Å². The Bertz CT molecular complexity index is 325. The summed E-state index contributed by atoms with van der Waals surface area (Å²) >= 11 is 0. The fraction of sp³-hybridized carbons (Fsp3) is 0.333. The molecule has 1 rings (SSSR count). The Labute approximate surface area is 85.1 Å². The van der Waals surface area contributed by atoms with Crippen molar-refractivity contribution in [3.8, 4) is 18.1 Å². The van der Waals surface area contributed by atoms with Crippen LogP contribution < -0.4 is 10.5 Å². The molecule has 14 heavy (non-hydrogen) atoms. The molecule has 0 aliphatic rings. The third kappa shape index (κ3) is 3.12. The molecule has 0 fully saturated rings. The SMILES string of the molecule is C#CCOc1ccccc1CC(C)N. The van der Waals surface area contributed by atoms with Gasteiger partial charge in [0.1, 0.15) is 12.4 Å². The highest BCUT2D eigenvalue weighted by Gasteiger charge is 2.04. The lowest BCUT2D eigenvalue weighted by molar-refractivity contribution is 0.365. The Kier molecular flexibility index (Phi) is 4.03. The number of benzene rings is 1. The smallest absolute Gasteiger partial charge is 0.148 e. The van der Waals surface area contributed by atoms with Crippen molar-refractivity contribution in [1.29, 1.82) is 0 Å². The molecule has 1 aromatic rings. The molecule has 0 spiro atoms. The van der Waals surface area contributed by atoms with Gasteiger partial charge in [0.15, 0.2) is 0 Å². The molecule has 2 N–H and O–H groups in total. The summed E-state index contributed by atoms with van der Waals surface area (Å²) in [4.78, 5) is 0. The highest BCUT2D eigenvalue weighted by atomic mass is 16.5. The first-order chi connectivity index (χ1) is 6.74. The van der Waals surface area contributed by atoms with Gasteiger partial charge in [-0.25, -0.2) is 0 Å². The summed E-state index contributed by atoms with van der Waals surface area (Å²) in [6.45, 7) is 2.27. The van der Waals surface area contributed by atoms with Crippen LogP contribution in [0.25, 0.3) is 0 Å². The maximum Gasteiger partial charge on any atom is 0.148 e. The van der Waals surface area contributed by atoms with Gasteiger partial charge in [0, 0.05) is 6.04 Å². The van der Waals surface area contributed by atoms with Crippen LogP contribution in [-0.4, -0.2) is 12.6 Å². The molecule has 1 unspecified atom stereocenters. The minimum absolute atomic E-state index is 0.130. The molecule has 0 aliphatic carbocycles. The summed E-state index contributed by atoms with van der Waals surface area (Å²) in [5.41, 5.74) is 6.84. The van der Waals surface area contributed by atoms with E-state index in [4.69, 9.17) is 16.9 Å². The zero-order chi connectivity index (χ0) is 10.4. The van der Waals surface area contributed by atoms with Gasteiger partial charge >= 0.3 is 0 Å². The molecule has 0 heterocycles. The van der Waals surface area contributed by atoms with E-state index in [-0.39, 0.29) is 6.04 Å². The van der Waals surface area contributed by atoms with Crippen LogP contribution in [0.1, 0.15) is 12.5 Å². The average molecular weight is 189 g/mol. The van der Waals surface area contributed by atoms with Gasteiger partial charge in [0.25, 0.3) is 0 Å². The van der Waals surface area contributed by atoms with Crippen LogP contribution in [0.5, 0.6) is 5.75 Å². The lowest BCUT2D eigenvalue weighted by Gasteiger charge is -2.10. The number of terminal acetylenes is 1. The molecule has 0 saturated heterocycles. The standard InChI is InChI=1S/C12H15NO/c1-3-8-14-12-7-5-4-6-11(12)9-10(2)13/h1,4-7,10H,8-9,13H2,2H3. The van der Waals surface area contributed by atoms with Gasteiger partial charge < -0.3 is 10.5 Å². The predicted molar refractivity (Wildman–Crippen MR) is 58.1 cm³/mol. The van der Waals surface area contributed by atoms with Crippen LogP contribution >= 0.6 is 0 Å². The van der Waals surface area contributed by atoms with Crippen LogP contribution in [0.2, 0.25) is 0 Å². The second-order valence-corrected chi connectivity index (χ2v) is 3.28. The van der Waals surface area contributed by atoms with Crippen LogP contribution in [-0.2, 0) is 6.42 Å². The molecule has 0 saturated carbocycles. The van der Waals surface area contributed by atoms with Gasteiger partial charge in [-0.15, -0.1) is 6.42 Å². The van der Waals surface area contributed by atoms with Crippen molar-refractivity contribution in [2.24, 2.45) is 5.73 Å². The fourth-order valence-corrected chi connectivity index (χ4v) is 1.28. The molecule has 0 aromatic heterocycles. The molecule has 0 bridgehead atoms. The zero-order valence-corrected chi connectivity index (χ0v) is 8.36. The third-order valence-corrected chi connectivity index (χ3v) is 1.83. The number of hydrogen-bond acceptors (Lipinski definition) is 2. The first-order valence-electron chi connectivity index (χ1n) is 4.63. The number of hydrogen-bond donors (Lipinski definition) is 1. The molecule has 0 aliphatic heterocycles. The fourth-order valence-electron chi connectivity index (χ4n) is 1.28. The largest absolute Gasteiger partial charge is 0.481 e. The van der Waals surface area contributed by atoms with E-state index < -0.39 is 0 Å². The second kappa shape index (κ2) is 5.31. The van der Waals surface area contributed by atoms with E-state index in [1.54, 1.807) is 0 Å². The van der Waals surface area contributed by atoms with Gasteiger partial charge in [-0.1, -0.05) is 24.1 Å². The topological polar surface area (TPSA) is 35.2 Å². The maximum atomic E-state index is 5.73. The van der Waals surface area contributed by atoms with Gasteiger partial charge in [-0.3, -0.25) is 0 Å². The summed E-state index contributed by atoms with van der Waals surface area (Å²) in [7, 11) is 0. The van der Waals surface area contributed by atoms with Crippen molar-refractivity contribution >= 4 is 0 Å². The van der Waals surface area contributed by atoms with E-state index in [0.717, 1.165) is 17.7 Å². The average Bonchev–Trinajstić information content (AvgIpc) is 2.16. The van der Waals surface area contributed by atoms with E-state index >= 15 is 0 Å². The number of ether oxygens (including phenoxy) is 1. The maximum absolute atomic E-state index is 5.73. The van der Waals surface area contributed by atoms with E-state index in [1.165, 1.54) is 0 Å². The Balaban J connectivity index is 2.76. The number of rotatable bonds is 4. The lowest BCUT2D eigenvalue weighted by Crippen LogP contribution is -2.18. The third-order valence-electron chi connectivity index (χ3n) is 1.83. The second-order valence-electron chi connectivity index (χ2n) is 3.28. The first-order valence-corrected chi connectivity index (χ1v) is 4.63. The Morgan fingerprint density at radius 1 is 1.50 bits per heavy atom. The highest BCUT2D eigenvalue weighted by Crippen LogP contribution is 2.18. The van der Waals surface area contributed by atoms with Crippen LogP contribution in [0.3, 0.4) is 0 Å². The molecule has 74 valence electrons. The molecule has 2 heteroatoms. The lowest BCUT2D eigenvalue weighted by atomic mass is 10.1. The van der Waals surface area contributed by atoms with Gasteiger partial charge in [0.2, 0.25) is 0 Å². The number of nitrogens with two attached hydrogens (primary N) is 1. The summed E-state index contributed by atoms with van der Waals surface area (Å²) in [6.07, 6.45) is 5.93. The Morgan fingerprint density at radius 3 is 2.86 bits per heavy atom. The summed E-state index contributed by atoms with van der Waals surface area (Å²) in [6, 6.07) is 7.95. The van der Waals surface area contributed by atoms with Crippen LogP contribution in [0.15, 0.2) is 24.3 Å². The highest BCUT2D eigenvalue weighted by molar-refractivity contribution is 5.34. The van der Waals surface area contributed by atoms with Crippen molar-refractivity contribution in [1.82, 2.24) is 0 Å². The minimum Gasteiger partial charge on any atom is -0.481 e. The first kappa shape index (κ1) is 10.6. The molecule has 1 atom stereocenters. The van der Waals surface area contributed by atoms with Gasteiger partial charge in [0.05, 0.1) is 0 Å². The minimum atomic E-state index is 0.130. The van der Waals surface area contributed by atoms with E-state index in [1.807, 2.05) is 31.2 Å². The number of para-hydroxylation sites is 1. The Morgan fingerprint density at radius 2 is 2.21 bits per heavy atom.